The van der Waals surface area contributed by atoms with Crippen LogP contribution in [0.25, 0.3) is 0 Å². The molecule has 0 aliphatic carbocycles. The minimum Gasteiger partial charge on any atom is -0.404 e. The first-order chi connectivity index (χ1) is 10.4. The minimum atomic E-state index is -4.73. The Morgan fingerprint density at radius 1 is 1.27 bits per heavy atom. The van der Waals surface area contributed by atoms with Gasteiger partial charge in [0.15, 0.2) is 0 Å². The standard InChI is InChI=1S/C15H12F3N3O/c1-10(12-4-2-3-11(7-12)8-19)21-14-6-5-13(9-20-14)22-15(16,17)18/h2-7,9-10H,1H3,(H,20,21). The van der Waals surface area contributed by atoms with Crippen LogP contribution in [0.1, 0.15) is 24.1 Å². The van der Waals surface area contributed by atoms with E-state index in [1.54, 1.807) is 18.2 Å². The Morgan fingerprint density at radius 2 is 2.05 bits per heavy atom. The predicted octanol–water partition coefficient (Wildman–Crippen LogP) is 4.02. The molecule has 22 heavy (non-hydrogen) atoms. The van der Waals surface area contributed by atoms with Crippen LogP contribution in [0.3, 0.4) is 0 Å². The van der Waals surface area contributed by atoms with Crippen molar-refractivity contribution in [1.82, 2.24) is 4.98 Å². The molecular weight excluding hydrogens is 295 g/mol. The highest BCUT2D eigenvalue weighted by atomic mass is 19.4. The number of rotatable bonds is 4. The molecule has 2 aromatic rings. The number of ether oxygens (including phenoxy) is 1. The molecule has 0 saturated carbocycles. The second-order valence-electron chi connectivity index (χ2n) is 4.53. The minimum absolute atomic E-state index is 0.157. The lowest BCUT2D eigenvalue weighted by Crippen LogP contribution is -2.17. The molecule has 2 rings (SSSR count). The van der Waals surface area contributed by atoms with Crippen molar-refractivity contribution in [3.63, 3.8) is 0 Å². The Bertz CT molecular complexity index is 678. The molecule has 1 aromatic heterocycles. The molecule has 1 heterocycles. The molecule has 1 atom stereocenters. The van der Waals surface area contributed by atoms with Gasteiger partial charge in [0.2, 0.25) is 0 Å². The fourth-order valence-corrected chi connectivity index (χ4v) is 1.84. The number of hydrogen-bond acceptors (Lipinski definition) is 4. The summed E-state index contributed by atoms with van der Waals surface area (Å²) in [6.45, 7) is 1.86. The average molecular weight is 307 g/mol. The summed E-state index contributed by atoms with van der Waals surface area (Å²) in [5.41, 5.74) is 1.41. The van der Waals surface area contributed by atoms with Gasteiger partial charge in [-0.05, 0) is 36.8 Å². The number of nitrogens with one attached hydrogen (secondary N) is 1. The lowest BCUT2D eigenvalue weighted by atomic mass is 10.1. The number of nitrogens with zero attached hydrogens (tertiary/aromatic N) is 2. The molecule has 0 aliphatic rings. The number of benzene rings is 1. The molecule has 0 aliphatic heterocycles. The maximum atomic E-state index is 12.1. The fourth-order valence-electron chi connectivity index (χ4n) is 1.84. The lowest BCUT2D eigenvalue weighted by Gasteiger charge is -2.15. The van der Waals surface area contributed by atoms with Crippen molar-refractivity contribution in [2.24, 2.45) is 0 Å². The molecule has 1 unspecified atom stereocenters. The maximum Gasteiger partial charge on any atom is 0.573 e. The Morgan fingerprint density at radius 3 is 2.64 bits per heavy atom. The number of anilines is 1. The van der Waals surface area contributed by atoms with E-state index in [4.69, 9.17) is 5.26 Å². The summed E-state index contributed by atoms with van der Waals surface area (Å²) < 4.78 is 39.9. The van der Waals surface area contributed by atoms with Gasteiger partial charge in [-0.25, -0.2) is 4.98 Å². The van der Waals surface area contributed by atoms with E-state index < -0.39 is 6.36 Å². The monoisotopic (exact) mass is 307 g/mol. The fraction of sp³-hybridized carbons (Fsp3) is 0.200. The van der Waals surface area contributed by atoms with Crippen LogP contribution >= 0.6 is 0 Å². The number of nitriles is 1. The molecule has 4 nitrogen and oxygen atoms in total. The molecule has 1 N–H and O–H groups in total. The van der Waals surface area contributed by atoms with Crippen molar-refractivity contribution in [3.05, 3.63) is 53.7 Å². The number of aromatic nitrogens is 1. The van der Waals surface area contributed by atoms with Gasteiger partial charge in [0.05, 0.1) is 17.8 Å². The highest BCUT2D eigenvalue weighted by Crippen LogP contribution is 2.24. The Labute approximate surface area is 125 Å². The maximum absolute atomic E-state index is 12.1. The Balaban J connectivity index is 2.05. The third-order valence-electron chi connectivity index (χ3n) is 2.85. The molecule has 0 fully saturated rings. The Kier molecular flexibility index (Phi) is 4.51. The van der Waals surface area contributed by atoms with E-state index >= 15 is 0 Å². The van der Waals surface area contributed by atoms with E-state index in [2.05, 4.69) is 15.0 Å². The molecule has 0 saturated heterocycles. The van der Waals surface area contributed by atoms with Crippen LogP contribution in [-0.4, -0.2) is 11.3 Å². The van der Waals surface area contributed by atoms with Crippen molar-refractivity contribution < 1.29 is 17.9 Å². The van der Waals surface area contributed by atoms with E-state index in [-0.39, 0.29) is 11.8 Å². The third kappa shape index (κ3) is 4.38. The lowest BCUT2D eigenvalue weighted by molar-refractivity contribution is -0.274. The number of hydrogen-bond donors (Lipinski definition) is 1. The smallest absolute Gasteiger partial charge is 0.404 e. The van der Waals surface area contributed by atoms with Crippen LogP contribution in [0.2, 0.25) is 0 Å². The largest absolute Gasteiger partial charge is 0.573 e. The highest BCUT2D eigenvalue weighted by Gasteiger charge is 2.31. The van der Waals surface area contributed by atoms with Crippen LogP contribution < -0.4 is 10.1 Å². The summed E-state index contributed by atoms with van der Waals surface area (Å²) in [7, 11) is 0. The van der Waals surface area contributed by atoms with Gasteiger partial charge in [-0.2, -0.15) is 5.26 Å². The van der Waals surface area contributed by atoms with E-state index in [0.717, 1.165) is 11.8 Å². The van der Waals surface area contributed by atoms with Crippen LogP contribution in [-0.2, 0) is 0 Å². The zero-order chi connectivity index (χ0) is 16.2. The zero-order valence-electron chi connectivity index (χ0n) is 11.6. The molecule has 0 spiro atoms. The van der Waals surface area contributed by atoms with E-state index in [9.17, 15) is 13.2 Å². The molecule has 0 radical (unpaired) electrons. The molecular formula is C15H12F3N3O. The first-order valence-electron chi connectivity index (χ1n) is 6.36. The summed E-state index contributed by atoms with van der Waals surface area (Å²) in [4.78, 5) is 3.87. The van der Waals surface area contributed by atoms with Crippen LogP contribution in [0.15, 0.2) is 42.6 Å². The van der Waals surface area contributed by atoms with Crippen molar-refractivity contribution in [2.75, 3.05) is 5.32 Å². The van der Waals surface area contributed by atoms with Crippen LogP contribution in [0.5, 0.6) is 5.75 Å². The topological polar surface area (TPSA) is 57.9 Å². The quantitative estimate of drug-likeness (QED) is 0.926. The summed E-state index contributed by atoms with van der Waals surface area (Å²) in [6.07, 6.45) is -3.74. The van der Waals surface area contributed by atoms with Gasteiger partial charge in [-0.1, -0.05) is 12.1 Å². The summed E-state index contributed by atoms with van der Waals surface area (Å²) in [5.74, 6) is 0.0292. The van der Waals surface area contributed by atoms with Crippen LogP contribution in [0.4, 0.5) is 19.0 Å². The summed E-state index contributed by atoms with van der Waals surface area (Å²) in [6, 6.07) is 11.5. The number of alkyl halides is 3. The van der Waals surface area contributed by atoms with Gasteiger partial charge in [0.1, 0.15) is 11.6 Å². The first-order valence-corrected chi connectivity index (χ1v) is 6.36. The van der Waals surface area contributed by atoms with Crippen molar-refractivity contribution >= 4 is 5.82 Å². The number of pyridine rings is 1. The molecule has 114 valence electrons. The van der Waals surface area contributed by atoms with Gasteiger partial charge in [-0.15, -0.1) is 13.2 Å². The normalized spacial score (nSPS) is 12.3. The van der Waals surface area contributed by atoms with Gasteiger partial charge >= 0.3 is 6.36 Å². The average Bonchev–Trinajstić information content (AvgIpc) is 2.48. The zero-order valence-corrected chi connectivity index (χ0v) is 11.6. The van der Waals surface area contributed by atoms with E-state index in [0.29, 0.717) is 11.4 Å². The van der Waals surface area contributed by atoms with Crippen molar-refractivity contribution in [1.29, 1.82) is 5.26 Å². The van der Waals surface area contributed by atoms with E-state index in [1.807, 2.05) is 19.1 Å². The highest BCUT2D eigenvalue weighted by molar-refractivity contribution is 5.42. The Hall–Kier alpha value is -2.75. The molecule has 1 aromatic carbocycles. The van der Waals surface area contributed by atoms with Gasteiger partial charge in [-0.3, -0.25) is 0 Å². The SMILES string of the molecule is CC(Nc1ccc(OC(F)(F)F)cn1)c1cccc(C#N)c1. The molecule has 0 amide bonds. The van der Waals surface area contributed by atoms with Crippen LogP contribution in [0, 0.1) is 11.3 Å². The van der Waals surface area contributed by atoms with E-state index in [1.165, 1.54) is 12.1 Å². The first kappa shape index (κ1) is 15.6. The van der Waals surface area contributed by atoms with Crippen molar-refractivity contribution in [2.45, 2.75) is 19.3 Å². The predicted molar refractivity (Wildman–Crippen MR) is 74.1 cm³/mol. The van der Waals surface area contributed by atoms with Gasteiger partial charge < -0.3 is 10.1 Å². The second kappa shape index (κ2) is 6.35. The van der Waals surface area contributed by atoms with Gasteiger partial charge in [0.25, 0.3) is 0 Å². The van der Waals surface area contributed by atoms with Gasteiger partial charge in [0, 0.05) is 6.04 Å². The van der Waals surface area contributed by atoms with Crippen molar-refractivity contribution in [3.8, 4) is 11.8 Å². The summed E-state index contributed by atoms with van der Waals surface area (Å²) in [5, 5.41) is 11.9. The number of halogens is 3. The third-order valence-corrected chi connectivity index (χ3v) is 2.85. The summed E-state index contributed by atoms with van der Waals surface area (Å²) >= 11 is 0. The molecule has 7 heteroatoms. The molecule has 0 bridgehead atoms. The second-order valence-corrected chi connectivity index (χ2v) is 4.53.